The van der Waals surface area contributed by atoms with Crippen molar-refractivity contribution in [3.05, 3.63) is 75.7 Å². The molecule has 8 heteroatoms. The summed E-state index contributed by atoms with van der Waals surface area (Å²) >= 11 is 7.39. The van der Waals surface area contributed by atoms with E-state index in [1.165, 1.54) is 11.3 Å². The van der Waals surface area contributed by atoms with Gasteiger partial charge in [-0.1, -0.05) is 28.9 Å². The van der Waals surface area contributed by atoms with Crippen LogP contribution in [0.1, 0.15) is 15.5 Å². The first-order valence-electron chi connectivity index (χ1n) is 8.72. The van der Waals surface area contributed by atoms with Gasteiger partial charge in [-0.15, -0.1) is 11.3 Å². The highest BCUT2D eigenvalue weighted by molar-refractivity contribution is 7.09. The average molecular weight is 426 g/mol. The van der Waals surface area contributed by atoms with Crippen LogP contribution in [-0.2, 0) is 6.54 Å². The largest absolute Gasteiger partial charge is 0.497 e. The van der Waals surface area contributed by atoms with E-state index in [0.29, 0.717) is 17.3 Å². The Balaban J connectivity index is 1.39. The van der Waals surface area contributed by atoms with Crippen LogP contribution in [0.4, 0.5) is 0 Å². The molecule has 0 saturated heterocycles. The van der Waals surface area contributed by atoms with Crippen LogP contribution in [0.5, 0.6) is 5.75 Å². The third-order valence-electron chi connectivity index (χ3n) is 4.21. The van der Waals surface area contributed by atoms with Gasteiger partial charge in [0.15, 0.2) is 11.5 Å². The molecule has 4 aromatic rings. The van der Waals surface area contributed by atoms with Gasteiger partial charge in [-0.25, -0.2) is 4.98 Å². The van der Waals surface area contributed by atoms with E-state index in [2.05, 4.69) is 15.5 Å². The lowest BCUT2D eigenvalue weighted by atomic mass is 10.1. The Hall–Kier alpha value is -3.16. The molecule has 0 unspecified atom stereocenters. The van der Waals surface area contributed by atoms with Gasteiger partial charge >= 0.3 is 0 Å². The zero-order chi connectivity index (χ0) is 20.2. The summed E-state index contributed by atoms with van der Waals surface area (Å²) in [5.41, 5.74) is 2.85. The Kier molecular flexibility index (Phi) is 5.59. The Bertz CT molecular complexity index is 1120. The van der Waals surface area contributed by atoms with Crippen LogP contribution in [0.3, 0.4) is 0 Å². The number of nitrogens with zero attached hydrogens (tertiary/aromatic N) is 2. The molecule has 1 N–H and O–H groups in total. The first-order chi connectivity index (χ1) is 14.1. The number of rotatable bonds is 6. The van der Waals surface area contributed by atoms with E-state index in [0.717, 1.165) is 27.6 Å². The zero-order valence-corrected chi connectivity index (χ0v) is 17.0. The van der Waals surface area contributed by atoms with Gasteiger partial charge < -0.3 is 14.6 Å². The second-order valence-corrected chi connectivity index (χ2v) is 7.50. The van der Waals surface area contributed by atoms with E-state index in [1.807, 2.05) is 53.9 Å². The number of halogens is 1. The molecule has 2 aromatic carbocycles. The predicted molar refractivity (Wildman–Crippen MR) is 112 cm³/mol. The van der Waals surface area contributed by atoms with E-state index >= 15 is 0 Å². The molecule has 0 saturated carbocycles. The van der Waals surface area contributed by atoms with Crippen molar-refractivity contribution in [1.29, 1.82) is 0 Å². The van der Waals surface area contributed by atoms with Crippen LogP contribution < -0.4 is 10.1 Å². The molecule has 29 heavy (non-hydrogen) atoms. The highest BCUT2D eigenvalue weighted by Gasteiger charge is 2.14. The molecule has 0 aliphatic carbocycles. The maximum absolute atomic E-state index is 12.4. The second kappa shape index (κ2) is 8.46. The monoisotopic (exact) mass is 425 g/mol. The molecule has 6 nitrogen and oxygen atoms in total. The molecule has 0 spiro atoms. The summed E-state index contributed by atoms with van der Waals surface area (Å²) in [7, 11) is 1.60. The Labute approximate surface area is 176 Å². The maximum Gasteiger partial charge on any atom is 0.273 e. The molecule has 0 aliphatic heterocycles. The van der Waals surface area contributed by atoms with Crippen LogP contribution in [0.15, 0.2) is 64.5 Å². The summed E-state index contributed by atoms with van der Waals surface area (Å²) in [6.07, 6.45) is 0. The second-order valence-electron chi connectivity index (χ2n) is 6.12. The number of hydrogen-bond donors (Lipinski definition) is 1. The van der Waals surface area contributed by atoms with Crippen molar-refractivity contribution in [2.24, 2.45) is 0 Å². The molecule has 0 atom stereocenters. The number of hydrogen-bond acceptors (Lipinski definition) is 6. The van der Waals surface area contributed by atoms with Crippen LogP contribution in [0.25, 0.3) is 22.6 Å². The number of thiazole rings is 1. The zero-order valence-electron chi connectivity index (χ0n) is 15.4. The lowest BCUT2D eigenvalue weighted by Gasteiger charge is -2.00. The summed E-state index contributed by atoms with van der Waals surface area (Å²) in [5.74, 6) is 0.932. The number of amides is 1. The van der Waals surface area contributed by atoms with Crippen LogP contribution in [0.2, 0.25) is 5.02 Å². The SMILES string of the molecule is COc1ccc(-c2cc(C(=O)NCc3nc(-c4ccc(Cl)cc4)cs3)no2)cc1. The number of nitrogens with one attached hydrogen (secondary N) is 1. The molecule has 1 amide bonds. The number of aromatic nitrogens is 2. The highest BCUT2D eigenvalue weighted by Crippen LogP contribution is 2.24. The van der Waals surface area contributed by atoms with Gasteiger partial charge in [0.1, 0.15) is 10.8 Å². The quantitative estimate of drug-likeness (QED) is 0.467. The Morgan fingerprint density at radius 1 is 1.14 bits per heavy atom. The molecular formula is C21H16ClN3O3S. The third kappa shape index (κ3) is 4.47. The number of methoxy groups -OCH3 is 1. The van der Waals surface area contributed by atoms with Gasteiger partial charge in [0.25, 0.3) is 5.91 Å². The molecule has 0 aliphatic rings. The average Bonchev–Trinajstić information content (AvgIpc) is 3.43. The number of benzene rings is 2. The van der Waals surface area contributed by atoms with Gasteiger partial charge in [-0.05, 0) is 36.4 Å². The number of carbonyl (C=O) groups is 1. The lowest BCUT2D eigenvalue weighted by Crippen LogP contribution is -2.22. The molecule has 146 valence electrons. The minimum absolute atomic E-state index is 0.213. The van der Waals surface area contributed by atoms with Crippen molar-refractivity contribution in [2.75, 3.05) is 7.11 Å². The number of carbonyl (C=O) groups excluding carboxylic acids is 1. The Morgan fingerprint density at radius 3 is 2.59 bits per heavy atom. The molecule has 0 bridgehead atoms. The lowest BCUT2D eigenvalue weighted by molar-refractivity contribution is 0.0942. The molecule has 0 radical (unpaired) electrons. The number of ether oxygens (including phenoxy) is 1. The van der Waals surface area contributed by atoms with E-state index in [4.69, 9.17) is 20.9 Å². The fraction of sp³-hybridized carbons (Fsp3) is 0.0952. The van der Waals surface area contributed by atoms with Crippen molar-refractivity contribution in [2.45, 2.75) is 6.54 Å². The minimum Gasteiger partial charge on any atom is -0.497 e. The van der Waals surface area contributed by atoms with Crippen molar-refractivity contribution < 1.29 is 14.1 Å². The minimum atomic E-state index is -0.322. The fourth-order valence-electron chi connectivity index (χ4n) is 2.67. The van der Waals surface area contributed by atoms with Crippen LogP contribution in [0, 0.1) is 0 Å². The smallest absolute Gasteiger partial charge is 0.273 e. The van der Waals surface area contributed by atoms with E-state index in [1.54, 1.807) is 13.2 Å². The van der Waals surface area contributed by atoms with Gasteiger partial charge in [-0.3, -0.25) is 4.79 Å². The van der Waals surface area contributed by atoms with E-state index in [9.17, 15) is 4.79 Å². The first-order valence-corrected chi connectivity index (χ1v) is 9.98. The summed E-state index contributed by atoms with van der Waals surface area (Å²) in [6.45, 7) is 0.307. The molecule has 2 aromatic heterocycles. The third-order valence-corrected chi connectivity index (χ3v) is 5.31. The molecular weight excluding hydrogens is 410 g/mol. The highest BCUT2D eigenvalue weighted by atomic mass is 35.5. The predicted octanol–water partition coefficient (Wildman–Crippen LogP) is 5.06. The molecule has 0 fully saturated rings. The van der Waals surface area contributed by atoms with Gasteiger partial charge in [0.2, 0.25) is 0 Å². The van der Waals surface area contributed by atoms with Gasteiger partial charge in [0, 0.05) is 27.6 Å². The summed E-state index contributed by atoms with van der Waals surface area (Å²) < 4.78 is 10.4. The van der Waals surface area contributed by atoms with Gasteiger partial charge in [0.05, 0.1) is 19.3 Å². The van der Waals surface area contributed by atoms with Crippen molar-refractivity contribution >= 4 is 28.8 Å². The fourth-order valence-corrected chi connectivity index (χ4v) is 3.53. The summed E-state index contributed by atoms with van der Waals surface area (Å²) in [6, 6.07) is 16.4. The van der Waals surface area contributed by atoms with Crippen molar-refractivity contribution in [3.63, 3.8) is 0 Å². The van der Waals surface area contributed by atoms with Crippen LogP contribution in [-0.4, -0.2) is 23.2 Å². The van der Waals surface area contributed by atoms with E-state index < -0.39 is 0 Å². The normalized spacial score (nSPS) is 10.7. The van der Waals surface area contributed by atoms with E-state index in [-0.39, 0.29) is 11.6 Å². The van der Waals surface area contributed by atoms with Gasteiger partial charge in [-0.2, -0.15) is 0 Å². The summed E-state index contributed by atoms with van der Waals surface area (Å²) in [4.78, 5) is 16.9. The molecule has 2 heterocycles. The molecule has 4 rings (SSSR count). The first kappa shape index (κ1) is 19.2. The topological polar surface area (TPSA) is 77.2 Å². The summed E-state index contributed by atoms with van der Waals surface area (Å²) in [5, 5.41) is 10.1. The van der Waals surface area contributed by atoms with Crippen molar-refractivity contribution in [3.8, 4) is 28.3 Å². The Morgan fingerprint density at radius 2 is 1.86 bits per heavy atom. The standard InChI is InChI=1S/C21H16ClN3O3S/c1-27-16-8-4-14(5-9-16)19-10-17(25-28-19)21(26)23-11-20-24-18(12-29-20)13-2-6-15(22)7-3-13/h2-10,12H,11H2,1H3,(H,23,26). The maximum atomic E-state index is 12.4. The van der Waals surface area contributed by atoms with Crippen LogP contribution >= 0.6 is 22.9 Å². The van der Waals surface area contributed by atoms with Crippen molar-refractivity contribution in [1.82, 2.24) is 15.5 Å².